The minimum atomic E-state index is 0.777. The summed E-state index contributed by atoms with van der Waals surface area (Å²) in [6, 6.07) is 72.5. The first-order valence-electron chi connectivity index (χ1n) is 15.5. The fourth-order valence-electron chi connectivity index (χ4n) is 5.34. The summed E-state index contributed by atoms with van der Waals surface area (Å²) in [5, 5.41) is 10.8. The highest BCUT2D eigenvalue weighted by Crippen LogP contribution is 2.33. The zero-order chi connectivity index (χ0) is 31.2. The standard InChI is InChI=1S/C20H14.2C12H11P/c1-3-11-17-15(7-1)9-5-13-19(17)20-14-6-10-16-8-2-4-12-18(16)20;2*1-3-7-11(8-4-1)13-12-9-5-2-6-10-12/h1-14H;2*1-10,13H. The largest absolute Gasteiger partial charge is 0.0622 e. The van der Waals surface area contributed by atoms with Crippen LogP contribution in [0.2, 0.25) is 0 Å². The predicted molar refractivity (Wildman–Crippen MR) is 208 cm³/mol. The van der Waals surface area contributed by atoms with Crippen LogP contribution in [0, 0.1) is 0 Å². The minimum Gasteiger partial charge on any atom is -0.0622 e. The SMILES string of the molecule is c1ccc(Pc2ccccc2)cc1.c1ccc(Pc2ccccc2)cc1.c1ccc2c(-c3cccc4ccccc34)cccc2c1. The molecule has 0 unspecified atom stereocenters. The van der Waals surface area contributed by atoms with Crippen molar-refractivity contribution in [2.24, 2.45) is 0 Å². The van der Waals surface area contributed by atoms with E-state index in [0.717, 1.165) is 17.2 Å². The van der Waals surface area contributed by atoms with Crippen LogP contribution in [0.4, 0.5) is 0 Å². The summed E-state index contributed by atoms with van der Waals surface area (Å²) in [5.74, 6) is 0. The molecule has 8 aromatic rings. The molecular formula is C44H36P2. The van der Waals surface area contributed by atoms with Crippen molar-refractivity contribution in [1.82, 2.24) is 0 Å². The fraction of sp³-hybridized carbons (Fsp3) is 0. The summed E-state index contributed by atoms with van der Waals surface area (Å²) in [4.78, 5) is 0. The molecule has 0 heterocycles. The summed E-state index contributed by atoms with van der Waals surface area (Å²) in [6.07, 6.45) is 0. The van der Waals surface area contributed by atoms with Crippen LogP contribution in [0.25, 0.3) is 32.7 Å². The molecule has 0 saturated heterocycles. The van der Waals surface area contributed by atoms with Gasteiger partial charge in [-0.1, -0.05) is 223 Å². The summed E-state index contributed by atoms with van der Waals surface area (Å²) in [7, 11) is 1.55. The van der Waals surface area contributed by atoms with Crippen molar-refractivity contribution in [3.05, 3.63) is 206 Å². The van der Waals surface area contributed by atoms with Crippen LogP contribution in [0.3, 0.4) is 0 Å². The average molecular weight is 627 g/mol. The Morgan fingerprint density at radius 2 is 0.478 bits per heavy atom. The molecule has 0 aromatic heterocycles. The molecular weight excluding hydrogens is 590 g/mol. The van der Waals surface area contributed by atoms with Gasteiger partial charge in [-0.05, 0) is 53.9 Å². The number of rotatable bonds is 5. The topological polar surface area (TPSA) is 0 Å². The Balaban J connectivity index is 0.000000126. The molecule has 8 aromatic carbocycles. The quantitative estimate of drug-likeness (QED) is 0.167. The summed E-state index contributed by atoms with van der Waals surface area (Å²) in [5.41, 5.74) is 2.61. The predicted octanol–water partition coefficient (Wildman–Crippen LogP) is 10.3. The van der Waals surface area contributed by atoms with Crippen molar-refractivity contribution in [1.29, 1.82) is 0 Å². The first-order chi connectivity index (χ1) is 22.8. The van der Waals surface area contributed by atoms with E-state index in [-0.39, 0.29) is 0 Å². The van der Waals surface area contributed by atoms with Crippen molar-refractivity contribution >= 4 is 59.9 Å². The molecule has 222 valence electrons. The van der Waals surface area contributed by atoms with E-state index in [1.807, 2.05) is 0 Å². The number of fused-ring (bicyclic) bond motifs is 2. The molecule has 0 aliphatic carbocycles. The lowest BCUT2D eigenvalue weighted by atomic mass is 9.94. The lowest BCUT2D eigenvalue weighted by Gasteiger charge is -2.10. The molecule has 0 atom stereocenters. The van der Waals surface area contributed by atoms with Crippen LogP contribution >= 0.6 is 17.2 Å². The molecule has 0 saturated carbocycles. The molecule has 0 spiro atoms. The summed E-state index contributed by atoms with van der Waals surface area (Å²) >= 11 is 0. The van der Waals surface area contributed by atoms with Gasteiger partial charge in [0.15, 0.2) is 0 Å². The maximum Gasteiger partial charge on any atom is -0.00992 e. The van der Waals surface area contributed by atoms with Crippen molar-refractivity contribution in [2.45, 2.75) is 0 Å². The van der Waals surface area contributed by atoms with E-state index >= 15 is 0 Å². The Bertz CT molecular complexity index is 1830. The van der Waals surface area contributed by atoms with Crippen LogP contribution in [0.15, 0.2) is 206 Å². The monoisotopic (exact) mass is 626 g/mol. The van der Waals surface area contributed by atoms with Gasteiger partial charge in [0, 0.05) is 0 Å². The molecule has 0 aliphatic rings. The van der Waals surface area contributed by atoms with Gasteiger partial charge < -0.3 is 0 Å². The van der Waals surface area contributed by atoms with Gasteiger partial charge >= 0.3 is 0 Å². The van der Waals surface area contributed by atoms with Gasteiger partial charge in [-0.2, -0.15) is 0 Å². The van der Waals surface area contributed by atoms with Gasteiger partial charge in [0.05, 0.1) is 0 Å². The second kappa shape index (κ2) is 16.5. The third-order valence-corrected chi connectivity index (χ3v) is 10.0. The third-order valence-electron chi connectivity index (χ3n) is 7.54. The van der Waals surface area contributed by atoms with E-state index in [0.29, 0.717) is 0 Å². The van der Waals surface area contributed by atoms with E-state index in [2.05, 4.69) is 206 Å². The van der Waals surface area contributed by atoms with E-state index in [9.17, 15) is 0 Å². The van der Waals surface area contributed by atoms with E-state index in [1.54, 1.807) is 0 Å². The zero-order valence-electron chi connectivity index (χ0n) is 25.6. The smallest absolute Gasteiger partial charge is 0.00992 e. The number of benzene rings is 8. The second-order valence-corrected chi connectivity index (χ2v) is 13.6. The maximum absolute atomic E-state index is 2.21. The highest BCUT2D eigenvalue weighted by Gasteiger charge is 2.06. The van der Waals surface area contributed by atoms with Crippen LogP contribution in [-0.2, 0) is 0 Å². The first kappa shape index (κ1) is 31.1. The highest BCUT2D eigenvalue weighted by molar-refractivity contribution is 7.55. The number of hydrogen-bond acceptors (Lipinski definition) is 0. The Kier molecular flexibility index (Phi) is 11.1. The Morgan fingerprint density at radius 3 is 0.804 bits per heavy atom. The molecule has 0 aliphatic heterocycles. The third kappa shape index (κ3) is 8.65. The van der Waals surface area contributed by atoms with Gasteiger partial charge in [-0.25, -0.2) is 0 Å². The normalized spacial score (nSPS) is 10.3. The highest BCUT2D eigenvalue weighted by atomic mass is 31.1. The lowest BCUT2D eigenvalue weighted by molar-refractivity contribution is 1.68. The van der Waals surface area contributed by atoms with Crippen LogP contribution in [0.5, 0.6) is 0 Å². The van der Waals surface area contributed by atoms with E-state index in [1.165, 1.54) is 53.9 Å². The molecule has 2 heteroatoms. The van der Waals surface area contributed by atoms with Crippen molar-refractivity contribution in [2.75, 3.05) is 0 Å². The fourth-order valence-corrected chi connectivity index (χ4v) is 7.44. The van der Waals surface area contributed by atoms with Crippen LogP contribution < -0.4 is 21.2 Å². The minimum absolute atomic E-state index is 0.777. The zero-order valence-corrected chi connectivity index (χ0v) is 27.6. The molecule has 46 heavy (non-hydrogen) atoms. The van der Waals surface area contributed by atoms with Gasteiger partial charge in [-0.15, -0.1) is 0 Å². The van der Waals surface area contributed by atoms with E-state index in [4.69, 9.17) is 0 Å². The Hall–Kier alpha value is -4.86. The second-order valence-electron chi connectivity index (χ2n) is 10.8. The van der Waals surface area contributed by atoms with E-state index < -0.39 is 0 Å². The Morgan fingerprint density at radius 1 is 0.217 bits per heavy atom. The molecule has 0 bridgehead atoms. The lowest BCUT2D eigenvalue weighted by Crippen LogP contribution is -2.01. The Labute approximate surface area is 276 Å². The van der Waals surface area contributed by atoms with Gasteiger partial charge in [0.1, 0.15) is 0 Å². The summed E-state index contributed by atoms with van der Waals surface area (Å²) < 4.78 is 0. The van der Waals surface area contributed by atoms with Gasteiger partial charge in [0.2, 0.25) is 0 Å². The average Bonchev–Trinajstić information content (AvgIpc) is 3.13. The summed E-state index contributed by atoms with van der Waals surface area (Å²) in [6.45, 7) is 0. The van der Waals surface area contributed by atoms with Crippen LogP contribution in [0.1, 0.15) is 0 Å². The number of hydrogen-bond donors (Lipinski definition) is 0. The van der Waals surface area contributed by atoms with Gasteiger partial charge in [0.25, 0.3) is 0 Å². The molecule has 0 N–H and O–H groups in total. The molecule has 0 nitrogen and oxygen atoms in total. The maximum atomic E-state index is 2.21. The molecule has 8 rings (SSSR count). The van der Waals surface area contributed by atoms with Crippen molar-refractivity contribution in [3.63, 3.8) is 0 Å². The molecule has 0 amide bonds. The van der Waals surface area contributed by atoms with Crippen molar-refractivity contribution < 1.29 is 0 Å². The van der Waals surface area contributed by atoms with Crippen LogP contribution in [-0.4, -0.2) is 0 Å². The first-order valence-corrected chi connectivity index (χ1v) is 17.5. The molecule has 0 fully saturated rings. The van der Waals surface area contributed by atoms with Gasteiger partial charge in [-0.3, -0.25) is 0 Å². The molecule has 0 radical (unpaired) electrons. The van der Waals surface area contributed by atoms with Crippen molar-refractivity contribution in [3.8, 4) is 11.1 Å².